The highest BCUT2D eigenvalue weighted by Crippen LogP contribution is 2.38. The molecule has 0 aliphatic carbocycles. The highest BCUT2D eigenvalue weighted by Gasteiger charge is 2.38. The van der Waals surface area contributed by atoms with Crippen molar-refractivity contribution in [3.05, 3.63) is 119 Å². The average molecular weight is 791 g/mol. The Morgan fingerprint density at radius 3 is 1.48 bits per heavy atom. The van der Waals surface area contributed by atoms with Gasteiger partial charge in [0.05, 0.1) is 40.7 Å². The smallest absolute Gasteiger partial charge is 0.399 e. The van der Waals surface area contributed by atoms with Crippen LogP contribution in [0.1, 0.15) is 40.1 Å². The van der Waals surface area contributed by atoms with E-state index in [4.69, 9.17) is 5.73 Å². The number of anilines is 2. The van der Waals surface area contributed by atoms with E-state index in [0.29, 0.717) is 51.9 Å². The van der Waals surface area contributed by atoms with Crippen molar-refractivity contribution < 1.29 is 70.7 Å². The van der Waals surface area contributed by atoms with E-state index in [2.05, 4.69) is 15.3 Å². The molecule has 0 aliphatic rings. The fourth-order valence-electron chi connectivity index (χ4n) is 4.62. The third kappa shape index (κ3) is 10.5. The highest BCUT2D eigenvalue weighted by molar-refractivity contribution is 5.91. The largest absolute Gasteiger partial charge is 0.434 e. The Bertz CT molecular complexity index is 2070. The molecule has 54 heavy (non-hydrogen) atoms. The third-order valence-corrected chi connectivity index (χ3v) is 7.14. The summed E-state index contributed by atoms with van der Waals surface area (Å²) in [5.41, 5.74) is -1.77. The lowest BCUT2D eigenvalue weighted by Crippen LogP contribution is -2.15. The van der Waals surface area contributed by atoms with Crippen molar-refractivity contribution in [3.8, 4) is 11.4 Å². The molecule has 7 nitrogen and oxygen atoms in total. The van der Waals surface area contributed by atoms with Gasteiger partial charge in [-0.2, -0.15) is 65.9 Å². The van der Waals surface area contributed by atoms with Gasteiger partial charge < -0.3 is 20.2 Å². The number of hydrogen-bond donors (Lipinski definition) is 2. The van der Waals surface area contributed by atoms with Crippen LogP contribution in [0.3, 0.4) is 0 Å². The lowest BCUT2D eigenvalue weighted by Gasteiger charge is -2.15. The first kappa shape index (κ1) is 41.1. The second kappa shape index (κ2) is 15.0. The Kier molecular flexibility index (Phi) is 11.4. The van der Waals surface area contributed by atoms with Crippen molar-refractivity contribution in [2.24, 2.45) is 0 Å². The lowest BCUT2D eigenvalue weighted by molar-refractivity contribution is -0.141. The van der Waals surface area contributed by atoms with Crippen LogP contribution in [0.15, 0.2) is 85.7 Å². The number of amides is 1. The molecule has 0 saturated carbocycles. The lowest BCUT2D eigenvalue weighted by atomic mass is 10.1. The van der Waals surface area contributed by atoms with Gasteiger partial charge in [0.25, 0.3) is 0 Å². The van der Waals surface area contributed by atoms with E-state index in [9.17, 15) is 70.7 Å². The van der Waals surface area contributed by atoms with E-state index in [-0.39, 0.29) is 24.2 Å². The van der Waals surface area contributed by atoms with Crippen molar-refractivity contribution in [3.63, 3.8) is 0 Å². The summed E-state index contributed by atoms with van der Waals surface area (Å²) in [6.07, 6.45) is -21.8. The molecule has 5 aromatic rings. The molecule has 22 heteroatoms. The molecular weight excluding hydrogens is 769 g/mol. The van der Waals surface area contributed by atoms with Crippen molar-refractivity contribution in [2.45, 2.75) is 43.7 Å². The van der Waals surface area contributed by atoms with Crippen LogP contribution in [0.5, 0.6) is 0 Å². The van der Waals surface area contributed by atoms with Crippen molar-refractivity contribution in [2.75, 3.05) is 11.1 Å². The van der Waals surface area contributed by atoms with E-state index in [0.717, 1.165) is 36.4 Å². The summed E-state index contributed by atoms with van der Waals surface area (Å²) in [5.74, 6) is -0.706. The third-order valence-electron chi connectivity index (χ3n) is 7.14. The van der Waals surface area contributed by atoms with Gasteiger partial charge in [0.1, 0.15) is 0 Å². The average Bonchev–Trinajstić information content (AvgIpc) is 3.75. The van der Waals surface area contributed by atoms with E-state index >= 15 is 0 Å². The van der Waals surface area contributed by atoms with Crippen LogP contribution in [0.25, 0.3) is 11.4 Å². The van der Waals surface area contributed by atoms with E-state index < -0.39 is 76.2 Å². The molecule has 0 radical (unpaired) electrons. The molecule has 3 aromatic carbocycles. The number of halogens is 15. The van der Waals surface area contributed by atoms with Crippen molar-refractivity contribution >= 4 is 17.3 Å². The minimum absolute atomic E-state index is 0.0312. The van der Waals surface area contributed by atoms with Crippen LogP contribution in [-0.4, -0.2) is 25.0 Å². The Morgan fingerprint density at radius 1 is 0.593 bits per heavy atom. The van der Waals surface area contributed by atoms with Gasteiger partial charge in [-0.15, -0.1) is 0 Å². The molecular formula is C32H21F15N6O. The molecule has 3 N–H and O–H groups in total. The Hall–Kier alpha value is -5.70. The predicted octanol–water partition coefficient (Wildman–Crippen LogP) is 9.99. The van der Waals surface area contributed by atoms with Crippen LogP contribution in [0.4, 0.5) is 77.2 Å². The molecule has 290 valence electrons. The number of hydrogen-bond acceptors (Lipinski definition) is 4. The SMILES string of the molecule is Nc1ccc(-n2cnc(C(F)(F)F)c2)c(C(F)(F)F)c1.O=C(CCc1ccc(C(F)(F)F)cc1)Nc1ccc(-n2cnc(C(F)(F)F)c2)c(C(F)(F)F)c1. The molecule has 0 unspecified atom stereocenters. The second-order valence-electron chi connectivity index (χ2n) is 11.1. The maximum Gasteiger partial charge on any atom is 0.434 e. The fraction of sp³-hybridized carbons (Fsp3) is 0.219. The molecule has 0 saturated heterocycles. The number of benzene rings is 3. The summed E-state index contributed by atoms with van der Waals surface area (Å²) in [4.78, 5) is 18.2. The summed E-state index contributed by atoms with van der Waals surface area (Å²) in [7, 11) is 0. The number of nitrogen functional groups attached to an aromatic ring is 1. The molecule has 1 amide bonds. The van der Waals surface area contributed by atoms with Crippen molar-refractivity contribution in [1.82, 2.24) is 19.1 Å². The summed E-state index contributed by atoms with van der Waals surface area (Å²) in [6, 6.07) is 9.41. The molecule has 2 aromatic heterocycles. The van der Waals surface area contributed by atoms with Gasteiger partial charge in [-0.05, 0) is 60.5 Å². The van der Waals surface area contributed by atoms with E-state index in [1.807, 2.05) is 0 Å². The quantitative estimate of drug-likeness (QED) is 0.132. The number of rotatable bonds is 6. The molecule has 0 fully saturated rings. The monoisotopic (exact) mass is 790 g/mol. The first-order valence-corrected chi connectivity index (χ1v) is 14.6. The van der Waals surface area contributed by atoms with Crippen LogP contribution in [0, 0.1) is 0 Å². The Labute approximate surface area is 292 Å². The minimum Gasteiger partial charge on any atom is -0.399 e. The maximum absolute atomic E-state index is 13.5. The maximum atomic E-state index is 13.5. The van der Waals surface area contributed by atoms with E-state index in [1.54, 1.807) is 0 Å². The van der Waals surface area contributed by atoms with Crippen LogP contribution >= 0.6 is 0 Å². The number of carbonyl (C=O) groups excluding carboxylic acids is 1. The van der Waals surface area contributed by atoms with Gasteiger partial charge in [0.15, 0.2) is 11.4 Å². The number of alkyl halides is 15. The standard InChI is InChI=1S/C21H14F9N3O.C11H7F6N3/c22-19(23,24)13-4-1-12(2-5-13)3-8-18(34)32-14-6-7-16(15(9-14)20(25,26)27)33-10-17(31-11-33)21(28,29)30;12-10(13,14)7-3-6(18)1-2-8(7)20-4-9(19-5-20)11(15,16)17/h1-2,4-7,9-11H,3,8H2,(H,32,34);1-5H,18H2. The number of aryl methyl sites for hydroxylation is 1. The van der Waals surface area contributed by atoms with Gasteiger partial charge in [-0.3, -0.25) is 4.79 Å². The van der Waals surface area contributed by atoms with Gasteiger partial charge in [0, 0.05) is 30.2 Å². The van der Waals surface area contributed by atoms with E-state index in [1.165, 1.54) is 12.1 Å². The van der Waals surface area contributed by atoms with Gasteiger partial charge in [0.2, 0.25) is 5.91 Å². The molecule has 5 rings (SSSR count). The number of imidazole rings is 2. The number of nitrogens with zero attached hydrogens (tertiary/aromatic N) is 4. The second-order valence-corrected chi connectivity index (χ2v) is 11.1. The minimum atomic E-state index is -4.96. The molecule has 0 aliphatic heterocycles. The number of aromatic nitrogens is 4. The number of nitrogens with two attached hydrogens (primary N) is 1. The first-order valence-electron chi connectivity index (χ1n) is 14.6. The summed E-state index contributed by atoms with van der Waals surface area (Å²) >= 11 is 0. The normalized spacial score (nSPS) is 12.6. The number of nitrogens with one attached hydrogen (secondary N) is 1. The zero-order chi connectivity index (χ0) is 40.4. The number of carbonyl (C=O) groups is 1. The first-order chi connectivity index (χ1) is 24.7. The zero-order valence-electron chi connectivity index (χ0n) is 26.4. The van der Waals surface area contributed by atoms with Crippen LogP contribution in [-0.2, 0) is 42.1 Å². The summed E-state index contributed by atoms with van der Waals surface area (Å²) in [6.45, 7) is 0. The Balaban J connectivity index is 0.000000276. The summed E-state index contributed by atoms with van der Waals surface area (Å²) < 4.78 is 193. The molecule has 0 bridgehead atoms. The fourth-order valence-corrected chi connectivity index (χ4v) is 4.62. The van der Waals surface area contributed by atoms with Crippen LogP contribution < -0.4 is 11.1 Å². The topological polar surface area (TPSA) is 90.8 Å². The van der Waals surface area contributed by atoms with Gasteiger partial charge in [-0.1, -0.05) is 12.1 Å². The zero-order valence-corrected chi connectivity index (χ0v) is 26.4. The molecule has 2 heterocycles. The summed E-state index contributed by atoms with van der Waals surface area (Å²) in [5, 5.41) is 2.24. The van der Waals surface area contributed by atoms with Gasteiger partial charge in [-0.25, -0.2) is 9.97 Å². The molecule has 0 spiro atoms. The predicted molar refractivity (Wildman–Crippen MR) is 160 cm³/mol. The molecule has 0 atom stereocenters. The highest BCUT2D eigenvalue weighted by atomic mass is 19.4. The van der Waals surface area contributed by atoms with Crippen molar-refractivity contribution in [1.29, 1.82) is 0 Å². The van der Waals surface area contributed by atoms with Crippen LogP contribution in [0.2, 0.25) is 0 Å². The Morgan fingerprint density at radius 2 is 1.06 bits per heavy atom. The van der Waals surface area contributed by atoms with Gasteiger partial charge >= 0.3 is 30.9 Å².